The van der Waals surface area contributed by atoms with Crippen LogP contribution in [0, 0.1) is 0 Å². The second-order valence-electron chi connectivity index (χ2n) is 3.61. The van der Waals surface area contributed by atoms with Crippen molar-refractivity contribution >= 4 is 0 Å². The van der Waals surface area contributed by atoms with Crippen molar-refractivity contribution in [1.82, 2.24) is 14.5 Å². The maximum atomic E-state index is 9.04. The average Bonchev–Trinajstić information content (AvgIpc) is 2.78. The van der Waals surface area contributed by atoms with Crippen LogP contribution in [0.4, 0.5) is 0 Å². The van der Waals surface area contributed by atoms with Crippen LogP contribution in [-0.4, -0.2) is 19.6 Å². The molecule has 4 heteroatoms. The quantitative estimate of drug-likeness (QED) is 0.848. The van der Waals surface area contributed by atoms with E-state index in [4.69, 9.17) is 5.11 Å². The topological polar surface area (TPSA) is 50.9 Å². The zero-order valence-corrected chi connectivity index (χ0v) is 9.30. The van der Waals surface area contributed by atoms with Gasteiger partial charge in [0.1, 0.15) is 11.6 Å². The fourth-order valence-corrected chi connectivity index (χ4v) is 1.64. The molecule has 0 aliphatic heterocycles. The summed E-state index contributed by atoms with van der Waals surface area (Å²) in [5.41, 5.74) is 0.675. The van der Waals surface area contributed by atoms with Crippen molar-refractivity contribution in [3.8, 4) is 5.82 Å². The van der Waals surface area contributed by atoms with E-state index in [0.29, 0.717) is 5.69 Å². The van der Waals surface area contributed by atoms with Gasteiger partial charge >= 0.3 is 0 Å². The van der Waals surface area contributed by atoms with Crippen molar-refractivity contribution in [1.29, 1.82) is 0 Å². The van der Waals surface area contributed by atoms with Crippen molar-refractivity contribution in [2.24, 2.45) is 0 Å². The molecule has 4 nitrogen and oxygen atoms in total. The highest BCUT2D eigenvalue weighted by Gasteiger charge is 2.05. The molecule has 2 rings (SSSR count). The molecule has 0 saturated heterocycles. The average molecular weight is 217 g/mol. The fourth-order valence-electron chi connectivity index (χ4n) is 1.64. The first-order valence-corrected chi connectivity index (χ1v) is 5.44. The molecule has 2 aromatic rings. The number of pyridine rings is 1. The highest BCUT2D eigenvalue weighted by atomic mass is 16.3. The smallest absolute Gasteiger partial charge is 0.138 e. The predicted molar refractivity (Wildman–Crippen MR) is 61.3 cm³/mol. The van der Waals surface area contributed by atoms with Crippen molar-refractivity contribution in [3.05, 3.63) is 42.1 Å². The van der Waals surface area contributed by atoms with E-state index < -0.39 is 0 Å². The summed E-state index contributed by atoms with van der Waals surface area (Å²) < 4.78 is 1.96. The van der Waals surface area contributed by atoms with Crippen molar-refractivity contribution in [2.45, 2.75) is 26.4 Å². The number of hydrogen-bond donors (Lipinski definition) is 1. The van der Waals surface area contributed by atoms with Gasteiger partial charge in [-0.25, -0.2) is 9.97 Å². The van der Waals surface area contributed by atoms with Gasteiger partial charge in [0.25, 0.3) is 0 Å². The molecule has 0 amide bonds. The molecule has 0 fully saturated rings. The van der Waals surface area contributed by atoms with Gasteiger partial charge in [0.15, 0.2) is 0 Å². The molecule has 0 radical (unpaired) electrons. The first kappa shape index (κ1) is 10.8. The minimum atomic E-state index is -0.0361. The molecule has 16 heavy (non-hydrogen) atoms. The van der Waals surface area contributed by atoms with Crippen molar-refractivity contribution in [2.75, 3.05) is 0 Å². The van der Waals surface area contributed by atoms with E-state index >= 15 is 0 Å². The molecular weight excluding hydrogens is 202 g/mol. The van der Waals surface area contributed by atoms with Gasteiger partial charge in [-0.15, -0.1) is 0 Å². The third-order valence-electron chi connectivity index (χ3n) is 2.39. The Hall–Kier alpha value is -1.68. The molecule has 1 N–H and O–H groups in total. The number of aryl methyl sites for hydroxylation is 1. The van der Waals surface area contributed by atoms with E-state index in [1.54, 1.807) is 12.3 Å². The van der Waals surface area contributed by atoms with Crippen LogP contribution in [0.3, 0.4) is 0 Å². The standard InChI is InChI=1S/C12H15N3O/c1-2-4-11-13-7-8-15(11)12-6-3-5-10(9-16)14-12/h3,5-8,16H,2,4,9H2,1H3. The van der Waals surface area contributed by atoms with Crippen LogP contribution in [0.2, 0.25) is 0 Å². The fraction of sp³-hybridized carbons (Fsp3) is 0.333. The number of hydrogen-bond acceptors (Lipinski definition) is 3. The van der Waals surface area contributed by atoms with Gasteiger partial charge in [-0.05, 0) is 18.6 Å². The van der Waals surface area contributed by atoms with E-state index in [2.05, 4.69) is 16.9 Å². The summed E-state index contributed by atoms with van der Waals surface area (Å²) in [5, 5.41) is 9.04. The molecule has 2 aromatic heterocycles. The number of nitrogens with zero attached hydrogens (tertiary/aromatic N) is 3. The number of aliphatic hydroxyl groups excluding tert-OH is 1. The summed E-state index contributed by atoms with van der Waals surface area (Å²) in [4.78, 5) is 8.65. The summed E-state index contributed by atoms with van der Waals surface area (Å²) in [6.45, 7) is 2.09. The normalized spacial score (nSPS) is 10.6. The molecule has 0 atom stereocenters. The SMILES string of the molecule is CCCc1nccn1-c1cccc(CO)n1. The Kier molecular flexibility index (Phi) is 3.31. The van der Waals surface area contributed by atoms with Crippen molar-refractivity contribution in [3.63, 3.8) is 0 Å². The predicted octanol–water partition coefficient (Wildman–Crippen LogP) is 1.71. The minimum Gasteiger partial charge on any atom is -0.390 e. The van der Waals surface area contributed by atoms with Gasteiger partial charge in [0.05, 0.1) is 12.3 Å². The molecule has 0 bridgehead atoms. The van der Waals surface area contributed by atoms with Crippen LogP contribution >= 0.6 is 0 Å². The molecule has 0 aliphatic carbocycles. The van der Waals surface area contributed by atoms with Crippen LogP contribution in [-0.2, 0) is 13.0 Å². The zero-order valence-electron chi connectivity index (χ0n) is 9.30. The first-order chi connectivity index (χ1) is 7.85. The molecule has 0 aliphatic rings. The lowest BCUT2D eigenvalue weighted by Crippen LogP contribution is -2.03. The van der Waals surface area contributed by atoms with Crippen LogP contribution in [0.15, 0.2) is 30.6 Å². The minimum absolute atomic E-state index is 0.0361. The molecule has 0 aromatic carbocycles. The number of rotatable bonds is 4. The second-order valence-corrected chi connectivity index (χ2v) is 3.61. The lowest BCUT2D eigenvalue weighted by Gasteiger charge is -2.07. The van der Waals surface area contributed by atoms with Crippen LogP contribution in [0.25, 0.3) is 5.82 Å². The third kappa shape index (κ3) is 2.12. The lowest BCUT2D eigenvalue weighted by atomic mass is 10.3. The summed E-state index contributed by atoms with van der Waals surface area (Å²) >= 11 is 0. The van der Waals surface area contributed by atoms with E-state index in [-0.39, 0.29) is 6.61 Å². The van der Waals surface area contributed by atoms with Gasteiger partial charge in [0.2, 0.25) is 0 Å². The Morgan fingerprint density at radius 2 is 2.25 bits per heavy atom. The van der Waals surface area contributed by atoms with Gasteiger partial charge < -0.3 is 5.11 Å². The van der Waals surface area contributed by atoms with Gasteiger partial charge in [-0.2, -0.15) is 0 Å². The Labute approximate surface area is 94.6 Å². The van der Waals surface area contributed by atoms with E-state index in [1.807, 2.05) is 22.9 Å². The zero-order chi connectivity index (χ0) is 11.4. The number of imidazole rings is 1. The summed E-state index contributed by atoms with van der Waals surface area (Å²) in [7, 11) is 0. The van der Waals surface area contributed by atoms with Gasteiger partial charge in [-0.1, -0.05) is 13.0 Å². The van der Waals surface area contributed by atoms with E-state index in [0.717, 1.165) is 24.5 Å². The van der Waals surface area contributed by atoms with E-state index in [9.17, 15) is 0 Å². The second kappa shape index (κ2) is 4.90. The Balaban J connectivity index is 2.37. The molecule has 0 unspecified atom stereocenters. The molecule has 0 saturated carbocycles. The third-order valence-corrected chi connectivity index (χ3v) is 2.39. The maximum Gasteiger partial charge on any atom is 0.138 e. The van der Waals surface area contributed by atoms with Gasteiger partial charge in [-0.3, -0.25) is 4.57 Å². The highest BCUT2D eigenvalue weighted by Crippen LogP contribution is 2.10. The molecular formula is C12H15N3O. The largest absolute Gasteiger partial charge is 0.390 e. The van der Waals surface area contributed by atoms with E-state index in [1.165, 1.54) is 0 Å². The van der Waals surface area contributed by atoms with Gasteiger partial charge in [0, 0.05) is 18.8 Å². The molecule has 0 spiro atoms. The summed E-state index contributed by atoms with van der Waals surface area (Å²) in [5.74, 6) is 1.82. The van der Waals surface area contributed by atoms with Crippen molar-refractivity contribution < 1.29 is 5.11 Å². The summed E-state index contributed by atoms with van der Waals surface area (Å²) in [6, 6.07) is 5.61. The molecule has 84 valence electrons. The first-order valence-electron chi connectivity index (χ1n) is 5.44. The van der Waals surface area contributed by atoms with Crippen LogP contribution in [0.5, 0.6) is 0 Å². The number of aromatic nitrogens is 3. The lowest BCUT2D eigenvalue weighted by molar-refractivity contribution is 0.277. The Bertz CT molecular complexity index is 465. The van der Waals surface area contributed by atoms with Crippen LogP contribution in [0.1, 0.15) is 24.9 Å². The Morgan fingerprint density at radius 3 is 3.00 bits per heavy atom. The highest BCUT2D eigenvalue weighted by molar-refractivity contribution is 5.26. The monoisotopic (exact) mass is 217 g/mol. The Morgan fingerprint density at radius 1 is 1.38 bits per heavy atom. The number of aliphatic hydroxyl groups is 1. The summed E-state index contributed by atoms with van der Waals surface area (Å²) in [6.07, 6.45) is 5.65. The molecule has 2 heterocycles. The maximum absolute atomic E-state index is 9.04. The van der Waals surface area contributed by atoms with Crippen LogP contribution < -0.4 is 0 Å².